The second-order valence-electron chi connectivity index (χ2n) is 4.47. The first-order chi connectivity index (χ1) is 8.15. The summed E-state index contributed by atoms with van der Waals surface area (Å²) in [6.07, 6.45) is 2.56. The van der Waals surface area contributed by atoms with Gasteiger partial charge in [0.05, 0.1) is 5.69 Å². The van der Waals surface area contributed by atoms with Gasteiger partial charge in [0.2, 0.25) is 5.91 Å². The van der Waals surface area contributed by atoms with Crippen LogP contribution in [0.5, 0.6) is 0 Å². The average Bonchev–Trinajstić information content (AvgIpc) is 2.59. The first kappa shape index (κ1) is 12.5. The van der Waals surface area contributed by atoms with Crippen molar-refractivity contribution in [2.75, 3.05) is 18.5 Å². The molecule has 0 saturated carbocycles. The SMILES string of the molecule is Cc1nc(NC(=O)CC2CCOCC2)sc1C. The van der Waals surface area contributed by atoms with Crippen LogP contribution in [0, 0.1) is 19.8 Å². The molecule has 4 nitrogen and oxygen atoms in total. The molecule has 0 unspecified atom stereocenters. The zero-order valence-corrected chi connectivity index (χ0v) is 11.1. The summed E-state index contributed by atoms with van der Waals surface area (Å²) in [7, 11) is 0. The third kappa shape index (κ3) is 3.51. The fraction of sp³-hybridized carbons (Fsp3) is 0.667. The zero-order chi connectivity index (χ0) is 12.3. The molecule has 94 valence electrons. The van der Waals surface area contributed by atoms with Crippen LogP contribution >= 0.6 is 11.3 Å². The summed E-state index contributed by atoms with van der Waals surface area (Å²) in [6.45, 7) is 5.54. The predicted molar refractivity (Wildman–Crippen MR) is 68.4 cm³/mol. The number of rotatable bonds is 3. The molecule has 1 aliphatic heterocycles. The van der Waals surface area contributed by atoms with E-state index in [0.29, 0.717) is 12.3 Å². The molecule has 0 spiro atoms. The Balaban J connectivity index is 1.84. The Morgan fingerprint density at radius 1 is 1.47 bits per heavy atom. The molecule has 2 heterocycles. The van der Waals surface area contributed by atoms with Gasteiger partial charge in [-0.05, 0) is 32.6 Å². The third-order valence-electron chi connectivity index (χ3n) is 3.09. The average molecular weight is 254 g/mol. The molecule has 1 aromatic rings. The summed E-state index contributed by atoms with van der Waals surface area (Å²) in [4.78, 5) is 17.3. The molecule has 1 fully saturated rings. The van der Waals surface area contributed by atoms with Crippen LogP contribution in [0.1, 0.15) is 29.8 Å². The number of ether oxygens (including phenoxy) is 1. The van der Waals surface area contributed by atoms with E-state index in [9.17, 15) is 4.79 Å². The van der Waals surface area contributed by atoms with Crippen molar-refractivity contribution in [1.29, 1.82) is 0 Å². The van der Waals surface area contributed by atoms with Crippen LogP contribution in [0.15, 0.2) is 0 Å². The molecule has 0 bridgehead atoms. The number of anilines is 1. The van der Waals surface area contributed by atoms with Gasteiger partial charge in [-0.25, -0.2) is 4.98 Å². The molecule has 5 heteroatoms. The van der Waals surface area contributed by atoms with Gasteiger partial charge in [-0.15, -0.1) is 11.3 Å². The van der Waals surface area contributed by atoms with Gasteiger partial charge >= 0.3 is 0 Å². The minimum absolute atomic E-state index is 0.0747. The second kappa shape index (κ2) is 5.60. The van der Waals surface area contributed by atoms with Crippen molar-refractivity contribution in [3.05, 3.63) is 10.6 Å². The van der Waals surface area contributed by atoms with E-state index in [1.54, 1.807) is 0 Å². The van der Waals surface area contributed by atoms with Crippen LogP contribution in [0.2, 0.25) is 0 Å². The summed E-state index contributed by atoms with van der Waals surface area (Å²) in [5.41, 5.74) is 0.997. The Morgan fingerprint density at radius 3 is 2.76 bits per heavy atom. The van der Waals surface area contributed by atoms with Gasteiger partial charge in [0, 0.05) is 24.5 Å². The van der Waals surface area contributed by atoms with Crippen molar-refractivity contribution in [2.24, 2.45) is 5.92 Å². The largest absolute Gasteiger partial charge is 0.381 e. The van der Waals surface area contributed by atoms with E-state index < -0.39 is 0 Å². The van der Waals surface area contributed by atoms with Gasteiger partial charge in [-0.2, -0.15) is 0 Å². The number of thiazole rings is 1. The van der Waals surface area contributed by atoms with Crippen molar-refractivity contribution >= 4 is 22.4 Å². The molecule has 1 aliphatic rings. The highest BCUT2D eigenvalue weighted by Crippen LogP contribution is 2.23. The number of nitrogens with zero attached hydrogens (tertiary/aromatic N) is 1. The lowest BCUT2D eigenvalue weighted by Crippen LogP contribution is -2.22. The highest BCUT2D eigenvalue weighted by atomic mass is 32.1. The zero-order valence-electron chi connectivity index (χ0n) is 10.3. The molecule has 0 atom stereocenters. The summed E-state index contributed by atoms with van der Waals surface area (Å²) in [6, 6.07) is 0. The van der Waals surface area contributed by atoms with Gasteiger partial charge < -0.3 is 10.1 Å². The van der Waals surface area contributed by atoms with E-state index >= 15 is 0 Å². The molecular weight excluding hydrogens is 236 g/mol. The van der Waals surface area contributed by atoms with Crippen LogP contribution in [0.25, 0.3) is 0 Å². The Hall–Kier alpha value is -0.940. The van der Waals surface area contributed by atoms with Gasteiger partial charge in [-0.1, -0.05) is 0 Å². The van der Waals surface area contributed by atoms with E-state index in [4.69, 9.17) is 4.74 Å². The molecular formula is C12H18N2O2S. The monoisotopic (exact) mass is 254 g/mol. The minimum Gasteiger partial charge on any atom is -0.381 e. The number of aromatic nitrogens is 1. The first-order valence-corrected chi connectivity index (χ1v) is 6.78. The van der Waals surface area contributed by atoms with Crippen LogP contribution < -0.4 is 5.32 Å². The Morgan fingerprint density at radius 2 is 2.18 bits per heavy atom. The lowest BCUT2D eigenvalue weighted by Gasteiger charge is -2.20. The maximum absolute atomic E-state index is 11.8. The lowest BCUT2D eigenvalue weighted by atomic mass is 9.96. The summed E-state index contributed by atoms with van der Waals surface area (Å²) in [5.74, 6) is 0.538. The molecule has 1 amide bonds. The predicted octanol–water partition coefficient (Wildman–Crippen LogP) is 2.52. The van der Waals surface area contributed by atoms with Crippen LogP contribution in [0.3, 0.4) is 0 Å². The smallest absolute Gasteiger partial charge is 0.226 e. The summed E-state index contributed by atoms with van der Waals surface area (Å²) >= 11 is 1.54. The molecule has 17 heavy (non-hydrogen) atoms. The molecule has 1 saturated heterocycles. The Bertz CT molecular complexity index is 378. The van der Waals surface area contributed by atoms with Gasteiger partial charge in [0.1, 0.15) is 0 Å². The maximum atomic E-state index is 11.8. The van der Waals surface area contributed by atoms with Crippen molar-refractivity contribution < 1.29 is 9.53 Å². The van der Waals surface area contributed by atoms with Gasteiger partial charge in [0.25, 0.3) is 0 Å². The van der Waals surface area contributed by atoms with Crippen molar-refractivity contribution in [3.63, 3.8) is 0 Å². The fourth-order valence-corrected chi connectivity index (χ4v) is 2.74. The van der Waals surface area contributed by atoms with E-state index in [0.717, 1.165) is 41.8 Å². The number of carbonyl (C=O) groups excluding carboxylic acids is 1. The van der Waals surface area contributed by atoms with Crippen LogP contribution in [-0.4, -0.2) is 24.1 Å². The second-order valence-corrected chi connectivity index (χ2v) is 5.67. The highest BCUT2D eigenvalue weighted by Gasteiger charge is 2.18. The van der Waals surface area contributed by atoms with Crippen LogP contribution in [0.4, 0.5) is 5.13 Å². The first-order valence-electron chi connectivity index (χ1n) is 5.97. The molecule has 1 aromatic heterocycles. The normalized spacial score (nSPS) is 17.1. The fourth-order valence-electron chi connectivity index (χ4n) is 1.91. The van der Waals surface area contributed by atoms with Crippen molar-refractivity contribution in [2.45, 2.75) is 33.1 Å². The van der Waals surface area contributed by atoms with E-state index in [2.05, 4.69) is 10.3 Å². The van der Waals surface area contributed by atoms with Crippen molar-refractivity contribution in [1.82, 2.24) is 4.98 Å². The number of amides is 1. The molecule has 2 rings (SSSR count). The summed E-state index contributed by atoms with van der Waals surface area (Å²) in [5, 5.41) is 3.60. The Labute approximate surface area is 105 Å². The molecule has 0 aromatic carbocycles. The van der Waals surface area contributed by atoms with E-state index in [1.807, 2.05) is 13.8 Å². The van der Waals surface area contributed by atoms with Crippen molar-refractivity contribution in [3.8, 4) is 0 Å². The number of hydrogen-bond donors (Lipinski definition) is 1. The van der Waals surface area contributed by atoms with E-state index in [-0.39, 0.29) is 5.91 Å². The topological polar surface area (TPSA) is 51.2 Å². The minimum atomic E-state index is 0.0747. The lowest BCUT2D eigenvalue weighted by molar-refractivity contribution is -0.117. The highest BCUT2D eigenvalue weighted by molar-refractivity contribution is 7.15. The van der Waals surface area contributed by atoms with E-state index in [1.165, 1.54) is 11.3 Å². The molecule has 0 radical (unpaired) electrons. The quantitative estimate of drug-likeness (QED) is 0.901. The molecule has 0 aliphatic carbocycles. The number of nitrogens with one attached hydrogen (secondary N) is 1. The standard InChI is InChI=1S/C12H18N2O2S/c1-8-9(2)17-12(13-8)14-11(15)7-10-3-5-16-6-4-10/h10H,3-7H2,1-2H3,(H,13,14,15). The molecule has 1 N–H and O–H groups in total. The van der Waals surface area contributed by atoms with Gasteiger partial charge in [-0.3, -0.25) is 4.79 Å². The Kier molecular flexibility index (Phi) is 4.12. The maximum Gasteiger partial charge on any atom is 0.226 e. The summed E-state index contributed by atoms with van der Waals surface area (Å²) < 4.78 is 5.28. The third-order valence-corrected chi connectivity index (χ3v) is 4.08. The van der Waals surface area contributed by atoms with Gasteiger partial charge in [0.15, 0.2) is 5.13 Å². The number of aryl methyl sites for hydroxylation is 2. The number of hydrogen-bond acceptors (Lipinski definition) is 4. The van der Waals surface area contributed by atoms with Crippen LogP contribution in [-0.2, 0) is 9.53 Å². The number of carbonyl (C=O) groups is 1.